The van der Waals surface area contributed by atoms with Crippen LogP contribution in [0.5, 0.6) is 0 Å². The lowest BCUT2D eigenvalue weighted by Crippen LogP contribution is -2.43. The summed E-state index contributed by atoms with van der Waals surface area (Å²) in [4.78, 5) is 30.0. The van der Waals surface area contributed by atoms with E-state index in [0.29, 0.717) is 39.0 Å². The Balaban J connectivity index is 4.65. The summed E-state index contributed by atoms with van der Waals surface area (Å²) in [6.45, 7) is 14.4. The monoisotopic (exact) mass is 839 g/mol. The van der Waals surface area contributed by atoms with E-state index in [-0.39, 0.29) is 30.0 Å². The third-order valence-electron chi connectivity index (χ3n) is 11.2. The van der Waals surface area contributed by atoms with E-state index < -0.39 is 8.53 Å². The van der Waals surface area contributed by atoms with Crippen LogP contribution in [0.15, 0.2) is 4.99 Å². The number of unbranched alkanes of at least 4 members (excludes halogenated alkanes) is 28. The smallest absolute Gasteiger partial charge is 0.259 e. The predicted molar refractivity (Wildman–Crippen MR) is 254 cm³/mol. The van der Waals surface area contributed by atoms with Crippen LogP contribution in [0.25, 0.3) is 0 Å². The van der Waals surface area contributed by atoms with Crippen molar-refractivity contribution in [2.75, 3.05) is 26.7 Å². The first-order chi connectivity index (χ1) is 28.3. The highest BCUT2D eigenvalue weighted by molar-refractivity contribution is 7.44. The van der Waals surface area contributed by atoms with Crippen molar-refractivity contribution < 1.29 is 18.6 Å². The molecule has 8 nitrogen and oxygen atoms in total. The van der Waals surface area contributed by atoms with E-state index >= 15 is 0 Å². The van der Waals surface area contributed by atoms with Gasteiger partial charge in [0.05, 0.1) is 6.61 Å². The summed E-state index contributed by atoms with van der Waals surface area (Å²) in [7, 11) is 0.362. The Bertz CT molecular complexity index is 863. The maximum absolute atomic E-state index is 13.0. The first-order valence-corrected chi connectivity index (χ1v) is 26.2. The standard InChI is InChI=1S/C49H99N4O4P/c1-8-10-12-14-16-18-20-22-24-26-28-30-32-34-36-39-48(54)51-43-47(57-58(56-42-38-41-50-7)53(45(3)4)46(5)6)44-52-49(55)40-37-35-33-31-29-27-25-23-21-19-17-15-13-11-9-2/h41,45-47H,8-40,42-44H2,1-7H3,(H,51,54)(H,52,55). The highest BCUT2D eigenvalue weighted by atomic mass is 31.2. The van der Waals surface area contributed by atoms with E-state index in [2.05, 4.69) is 61.8 Å². The summed E-state index contributed by atoms with van der Waals surface area (Å²) in [5, 5.41) is 6.27. The molecule has 0 heterocycles. The average molecular weight is 839 g/mol. The zero-order valence-electron chi connectivity index (χ0n) is 39.7. The molecule has 0 fully saturated rings. The highest BCUT2D eigenvalue weighted by Gasteiger charge is 2.30. The molecule has 0 bridgehead atoms. The van der Waals surface area contributed by atoms with Crippen LogP contribution in [-0.4, -0.2) is 67.6 Å². The molecule has 0 aliphatic rings. The largest absolute Gasteiger partial charge is 0.353 e. The summed E-state index contributed by atoms with van der Waals surface area (Å²) in [5.74, 6) is 0.114. The van der Waals surface area contributed by atoms with Crippen molar-refractivity contribution in [1.82, 2.24) is 15.3 Å². The lowest BCUT2D eigenvalue weighted by molar-refractivity contribution is -0.121. The van der Waals surface area contributed by atoms with E-state index in [1.54, 1.807) is 7.05 Å². The molecular weight excluding hydrogens is 740 g/mol. The van der Waals surface area contributed by atoms with E-state index in [1.165, 1.54) is 167 Å². The summed E-state index contributed by atoms with van der Waals surface area (Å²) < 4.78 is 15.3. The van der Waals surface area contributed by atoms with Crippen LogP contribution < -0.4 is 10.6 Å². The van der Waals surface area contributed by atoms with E-state index in [1.807, 2.05) is 6.21 Å². The van der Waals surface area contributed by atoms with Gasteiger partial charge in [-0.25, -0.2) is 4.67 Å². The van der Waals surface area contributed by atoms with Crippen LogP contribution in [0.3, 0.4) is 0 Å². The van der Waals surface area contributed by atoms with Gasteiger partial charge < -0.3 is 24.7 Å². The molecule has 344 valence electrons. The second kappa shape index (κ2) is 44.0. The average Bonchev–Trinajstić information content (AvgIpc) is 3.20. The molecule has 0 aromatic rings. The van der Waals surface area contributed by atoms with Gasteiger partial charge in [0.2, 0.25) is 11.8 Å². The number of amides is 2. The van der Waals surface area contributed by atoms with Crippen LogP contribution in [0.2, 0.25) is 0 Å². The second-order valence-corrected chi connectivity index (χ2v) is 19.0. The van der Waals surface area contributed by atoms with Crippen molar-refractivity contribution in [1.29, 1.82) is 0 Å². The molecular formula is C49H99N4O4P. The predicted octanol–water partition coefficient (Wildman–Crippen LogP) is 14.6. The minimum absolute atomic E-state index is 0.0569. The SMILES string of the molecule is CCCCCCCCCCCCCCCCCC(=O)NCC(CNC(=O)CCCCCCCCCCCCCCCCC)OP(OCCC=NC)N(C(C)C)C(C)C. The molecule has 2 N–H and O–H groups in total. The maximum atomic E-state index is 13.0. The zero-order chi connectivity index (χ0) is 42.7. The molecule has 58 heavy (non-hydrogen) atoms. The Morgan fingerprint density at radius 2 is 0.845 bits per heavy atom. The van der Waals surface area contributed by atoms with Gasteiger partial charge >= 0.3 is 0 Å². The molecule has 1 atom stereocenters. The van der Waals surface area contributed by atoms with Gasteiger partial charge in [-0.3, -0.25) is 9.59 Å². The van der Waals surface area contributed by atoms with Gasteiger partial charge in [-0.05, 0) is 40.5 Å². The molecule has 9 heteroatoms. The van der Waals surface area contributed by atoms with Gasteiger partial charge in [0.1, 0.15) is 6.10 Å². The van der Waals surface area contributed by atoms with Crippen LogP contribution in [-0.2, 0) is 18.6 Å². The number of nitrogens with one attached hydrogen (secondary N) is 2. The third-order valence-corrected chi connectivity index (χ3v) is 13.4. The number of hydrogen-bond donors (Lipinski definition) is 2. The Hall–Kier alpha value is -1.08. The number of rotatable bonds is 45. The van der Waals surface area contributed by atoms with Crippen molar-refractivity contribution in [2.45, 2.75) is 272 Å². The minimum atomic E-state index is -1.41. The summed E-state index contributed by atoms with van der Waals surface area (Å²) in [6, 6.07) is 0.428. The molecule has 0 aliphatic heterocycles. The van der Waals surface area contributed by atoms with Gasteiger partial charge in [-0.1, -0.05) is 194 Å². The van der Waals surface area contributed by atoms with Crippen LogP contribution in [0.4, 0.5) is 0 Å². The molecule has 0 aliphatic carbocycles. The van der Waals surface area contributed by atoms with Gasteiger partial charge in [-0.15, -0.1) is 0 Å². The molecule has 0 saturated heterocycles. The van der Waals surface area contributed by atoms with Crippen molar-refractivity contribution >= 4 is 26.6 Å². The fraction of sp³-hybridized carbons (Fsp3) is 0.939. The van der Waals surface area contributed by atoms with Crippen LogP contribution >= 0.6 is 8.53 Å². The Kier molecular flexibility index (Phi) is 43.2. The number of hydrogen-bond acceptors (Lipinski definition) is 6. The Morgan fingerprint density at radius 1 is 0.534 bits per heavy atom. The van der Waals surface area contributed by atoms with E-state index in [4.69, 9.17) is 9.05 Å². The van der Waals surface area contributed by atoms with Crippen LogP contribution in [0, 0.1) is 0 Å². The molecule has 0 aromatic heterocycles. The fourth-order valence-electron chi connectivity index (χ4n) is 7.66. The minimum Gasteiger partial charge on any atom is -0.353 e. The van der Waals surface area contributed by atoms with Crippen molar-refractivity contribution in [2.24, 2.45) is 4.99 Å². The fourth-order valence-corrected chi connectivity index (χ4v) is 9.38. The first kappa shape index (κ1) is 56.9. The van der Waals surface area contributed by atoms with Gasteiger partial charge in [-0.2, -0.15) is 0 Å². The summed E-state index contributed by atoms with van der Waals surface area (Å²) in [6.07, 6.45) is 42.5. The summed E-state index contributed by atoms with van der Waals surface area (Å²) in [5.41, 5.74) is 0. The normalized spacial score (nSPS) is 12.5. The highest BCUT2D eigenvalue weighted by Crippen LogP contribution is 2.47. The van der Waals surface area contributed by atoms with Crippen molar-refractivity contribution in [3.05, 3.63) is 0 Å². The molecule has 0 rings (SSSR count). The lowest BCUT2D eigenvalue weighted by Gasteiger charge is -2.37. The van der Waals surface area contributed by atoms with Gasteiger partial charge in [0.25, 0.3) is 8.53 Å². The molecule has 0 aromatic carbocycles. The quantitative estimate of drug-likeness (QED) is 0.0362. The topological polar surface area (TPSA) is 92.3 Å². The molecule has 0 radical (unpaired) electrons. The Labute approximate surface area is 362 Å². The zero-order valence-corrected chi connectivity index (χ0v) is 40.6. The van der Waals surface area contributed by atoms with Gasteiger partial charge in [0.15, 0.2) is 0 Å². The maximum Gasteiger partial charge on any atom is 0.259 e. The number of nitrogens with zero attached hydrogens (tertiary/aromatic N) is 2. The lowest BCUT2D eigenvalue weighted by atomic mass is 10.0. The van der Waals surface area contributed by atoms with Crippen LogP contribution in [0.1, 0.15) is 253 Å². The molecule has 0 spiro atoms. The number of carbonyl (C=O) groups excluding carboxylic acids is 2. The number of aliphatic imine (C=N–C) groups is 1. The first-order valence-electron chi connectivity index (χ1n) is 25.1. The number of carbonyl (C=O) groups is 2. The van der Waals surface area contributed by atoms with Gasteiger partial charge in [0, 0.05) is 57.7 Å². The third kappa shape index (κ3) is 37.9. The van der Waals surface area contributed by atoms with E-state index in [0.717, 1.165) is 25.7 Å². The van der Waals surface area contributed by atoms with Crippen molar-refractivity contribution in [3.8, 4) is 0 Å². The second-order valence-electron chi connectivity index (χ2n) is 17.6. The molecule has 0 saturated carbocycles. The summed E-state index contributed by atoms with van der Waals surface area (Å²) >= 11 is 0. The Morgan fingerprint density at radius 3 is 1.14 bits per heavy atom. The molecule has 2 amide bonds. The van der Waals surface area contributed by atoms with Crippen molar-refractivity contribution in [3.63, 3.8) is 0 Å². The van der Waals surface area contributed by atoms with E-state index in [9.17, 15) is 9.59 Å². The molecule has 1 unspecified atom stereocenters.